The number of hydrogen-bond acceptors (Lipinski definition) is 3. The third kappa shape index (κ3) is 5.26. The lowest BCUT2D eigenvalue weighted by Crippen LogP contribution is -2.37. The van der Waals surface area contributed by atoms with E-state index >= 15 is 0 Å². The van der Waals surface area contributed by atoms with Crippen LogP contribution in [-0.2, 0) is 6.54 Å². The number of rotatable bonds is 6. The first kappa shape index (κ1) is 16.1. The fourth-order valence-electron chi connectivity index (χ4n) is 1.79. The first-order chi connectivity index (χ1) is 8.87. The van der Waals surface area contributed by atoms with Gasteiger partial charge in [-0.05, 0) is 24.7 Å². The highest BCUT2D eigenvalue weighted by molar-refractivity contribution is 6.30. The van der Waals surface area contributed by atoms with Gasteiger partial charge in [-0.15, -0.1) is 0 Å². The van der Waals surface area contributed by atoms with Gasteiger partial charge in [0.2, 0.25) is 0 Å². The molecular formula is C12H16ClF3N2O. The molecule has 2 N–H and O–H groups in total. The summed E-state index contributed by atoms with van der Waals surface area (Å²) in [6, 6.07) is 4.78. The molecule has 19 heavy (non-hydrogen) atoms. The molecule has 0 unspecified atom stereocenters. The van der Waals surface area contributed by atoms with Crippen molar-refractivity contribution in [1.29, 1.82) is 0 Å². The maximum Gasteiger partial charge on any atom is 0.405 e. The summed E-state index contributed by atoms with van der Waals surface area (Å²) >= 11 is 5.84. The van der Waals surface area contributed by atoms with Crippen molar-refractivity contribution in [1.82, 2.24) is 5.32 Å². The molecule has 0 spiro atoms. The fourth-order valence-corrected chi connectivity index (χ4v) is 1.96. The van der Waals surface area contributed by atoms with E-state index in [4.69, 9.17) is 16.7 Å². The number of benzene rings is 1. The summed E-state index contributed by atoms with van der Waals surface area (Å²) in [5.41, 5.74) is 1.08. The molecule has 0 aliphatic heterocycles. The maximum atomic E-state index is 12.6. The molecule has 108 valence electrons. The number of aliphatic hydroxyl groups excluding tert-OH is 1. The van der Waals surface area contributed by atoms with Crippen molar-refractivity contribution < 1.29 is 18.3 Å². The summed E-state index contributed by atoms with van der Waals surface area (Å²) in [4.78, 5) is 1.08. The van der Waals surface area contributed by atoms with E-state index in [9.17, 15) is 13.2 Å². The molecule has 7 heteroatoms. The van der Waals surface area contributed by atoms with Crippen molar-refractivity contribution in [3.63, 3.8) is 0 Å². The first-order valence-corrected chi connectivity index (χ1v) is 6.10. The summed E-state index contributed by atoms with van der Waals surface area (Å²) in [6.07, 6.45) is -4.34. The van der Waals surface area contributed by atoms with Gasteiger partial charge < -0.3 is 15.3 Å². The zero-order valence-corrected chi connectivity index (χ0v) is 11.2. The molecule has 0 saturated heterocycles. The van der Waals surface area contributed by atoms with Gasteiger partial charge in [-0.1, -0.05) is 17.7 Å². The van der Waals surface area contributed by atoms with Crippen molar-refractivity contribution in [2.45, 2.75) is 12.7 Å². The molecule has 1 aromatic carbocycles. The Balaban J connectivity index is 3.08. The molecule has 0 saturated carbocycles. The van der Waals surface area contributed by atoms with Crippen molar-refractivity contribution in [2.24, 2.45) is 0 Å². The predicted molar refractivity (Wildman–Crippen MR) is 69.6 cm³/mol. The molecule has 1 aromatic rings. The fraction of sp³-hybridized carbons (Fsp3) is 0.500. The van der Waals surface area contributed by atoms with E-state index in [1.807, 2.05) is 0 Å². The Kier molecular flexibility index (Phi) is 5.90. The zero-order valence-electron chi connectivity index (χ0n) is 10.5. The van der Waals surface area contributed by atoms with Crippen LogP contribution in [-0.4, -0.2) is 38.0 Å². The van der Waals surface area contributed by atoms with Gasteiger partial charge in [0, 0.05) is 23.8 Å². The largest absolute Gasteiger partial charge is 0.405 e. The minimum atomic E-state index is -4.34. The molecule has 0 amide bonds. The van der Waals surface area contributed by atoms with Crippen molar-refractivity contribution >= 4 is 17.3 Å². The molecule has 0 bridgehead atoms. The van der Waals surface area contributed by atoms with Crippen LogP contribution >= 0.6 is 11.6 Å². The number of halogens is 4. The van der Waals surface area contributed by atoms with Crippen LogP contribution in [0.5, 0.6) is 0 Å². The standard InChI is InChI=1S/C12H16ClF3N2O/c1-17-7-9-2-3-10(13)6-11(9)18(4-5-19)8-12(14,15)16/h2-3,6,17,19H,4-5,7-8H2,1H3. The molecule has 0 radical (unpaired) electrons. The van der Waals surface area contributed by atoms with Crippen molar-refractivity contribution in [2.75, 3.05) is 31.6 Å². The third-order valence-electron chi connectivity index (χ3n) is 2.50. The summed E-state index contributed by atoms with van der Waals surface area (Å²) in [7, 11) is 1.71. The normalized spacial score (nSPS) is 11.7. The average molecular weight is 297 g/mol. The Morgan fingerprint density at radius 3 is 2.58 bits per heavy atom. The second kappa shape index (κ2) is 6.98. The Hall–Kier alpha value is -0.980. The van der Waals surface area contributed by atoms with Gasteiger partial charge in [0.25, 0.3) is 0 Å². The highest BCUT2D eigenvalue weighted by Crippen LogP contribution is 2.28. The van der Waals surface area contributed by atoms with E-state index < -0.39 is 12.7 Å². The first-order valence-electron chi connectivity index (χ1n) is 5.73. The SMILES string of the molecule is CNCc1ccc(Cl)cc1N(CCO)CC(F)(F)F. The van der Waals surface area contributed by atoms with E-state index in [1.165, 1.54) is 6.07 Å². The zero-order chi connectivity index (χ0) is 14.5. The molecule has 0 aromatic heterocycles. The smallest absolute Gasteiger partial charge is 0.395 e. The lowest BCUT2D eigenvalue weighted by Gasteiger charge is -2.27. The highest BCUT2D eigenvalue weighted by atomic mass is 35.5. The number of alkyl halides is 3. The molecule has 0 heterocycles. The summed E-state index contributed by atoms with van der Waals surface area (Å²) < 4.78 is 37.7. The Labute approximate surface area is 115 Å². The van der Waals surface area contributed by atoms with Gasteiger partial charge in [0.1, 0.15) is 6.54 Å². The Morgan fingerprint density at radius 1 is 1.37 bits per heavy atom. The minimum absolute atomic E-state index is 0.101. The minimum Gasteiger partial charge on any atom is -0.395 e. The number of aliphatic hydroxyl groups is 1. The van der Waals surface area contributed by atoms with Gasteiger partial charge in [-0.3, -0.25) is 0 Å². The van der Waals surface area contributed by atoms with Gasteiger partial charge >= 0.3 is 6.18 Å². The number of nitrogens with one attached hydrogen (secondary N) is 1. The summed E-state index contributed by atoms with van der Waals surface area (Å²) in [6.45, 7) is -1.16. The van der Waals surface area contributed by atoms with Gasteiger partial charge in [0.05, 0.1) is 6.61 Å². The van der Waals surface area contributed by atoms with Crippen LogP contribution in [0.15, 0.2) is 18.2 Å². The van der Waals surface area contributed by atoms with Crippen molar-refractivity contribution in [3.8, 4) is 0 Å². The molecule has 0 aliphatic rings. The van der Waals surface area contributed by atoms with Gasteiger partial charge in [-0.2, -0.15) is 13.2 Å². The monoisotopic (exact) mass is 296 g/mol. The van der Waals surface area contributed by atoms with Gasteiger partial charge in [0.15, 0.2) is 0 Å². The van der Waals surface area contributed by atoms with Crippen LogP contribution in [0.4, 0.5) is 18.9 Å². The molecule has 0 atom stereocenters. The van der Waals surface area contributed by atoms with Crippen LogP contribution in [0.2, 0.25) is 5.02 Å². The lowest BCUT2D eigenvalue weighted by molar-refractivity contribution is -0.119. The molecule has 3 nitrogen and oxygen atoms in total. The summed E-state index contributed by atoms with van der Waals surface area (Å²) in [5, 5.41) is 12.2. The van der Waals surface area contributed by atoms with Crippen LogP contribution in [0.3, 0.4) is 0 Å². The van der Waals surface area contributed by atoms with E-state index in [2.05, 4.69) is 5.32 Å². The van der Waals surface area contributed by atoms with Crippen LogP contribution in [0.25, 0.3) is 0 Å². The van der Waals surface area contributed by atoms with Crippen LogP contribution in [0.1, 0.15) is 5.56 Å². The second-order valence-corrected chi connectivity index (χ2v) is 4.50. The Bertz CT molecular complexity index is 412. The third-order valence-corrected chi connectivity index (χ3v) is 2.73. The molecule has 0 fully saturated rings. The quantitative estimate of drug-likeness (QED) is 0.846. The van der Waals surface area contributed by atoms with Gasteiger partial charge in [-0.25, -0.2) is 0 Å². The topological polar surface area (TPSA) is 35.5 Å². The maximum absolute atomic E-state index is 12.6. The van der Waals surface area contributed by atoms with Crippen molar-refractivity contribution in [3.05, 3.63) is 28.8 Å². The summed E-state index contributed by atoms with van der Waals surface area (Å²) in [5.74, 6) is 0. The highest BCUT2D eigenvalue weighted by Gasteiger charge is 2.31. The number of nitrogens with zero attached hydrogens (tertiary/aromatic N) is 1. The van der Waals surface area contributed by atoms with E-state index in [1.54, 1.807) is 19.2 Å². The van der Waals surface area contributed by atoms with E-state index in [0.717, 1.165) is 4.90 Å². The lowest BCUT2D eigenvalue weighted by atomic mass is 10.1. The Morgan fingerprint density at radius 2 is 2.05 bits per heavy atom. The predicted octanol–water partition coefficient (Wildman–Crippen LogP) is 2.42. The molecular weight excluding hydrogens is 281 g/mol. The van der Waals surface area contributed by atoms with E-state index in [-0.39, 0.29) is 13.2 Å². The average Bonchev–Trinajstić information content (AvgIpc) is 2.29. The van der Waals surface area contributed by atoms with Crippen LogP contribution < -0.4 is 10.2 Å². The van der Waals surface area contributed by atoms with E-state index in [0.29, 0.717) is 22.8 Å². The molecule has 1 rings (SSSR count). The second-order valence-electron chi connectivity index (χ2n) is 4.06. The number of anilines is 1. The molecule has 0 aliphatic carbocycles. The number of hydrogen-bond donors (Lipinski definition) is 2. The van der Waals surface area contributed by atoms with Crippen LogP contribution in [0, 0.1) is 0 Å².